The average Bonchev–Trinajstić information content (AvgIpc) is 1.21. The molecule has 0 aromatic carbocycles. The normalized spacial score (nSPS) is 14.4. The van der Waals surface area contributed by atoms with Gasteiger partial charge in [0.25, 0.3) is 0 Å². The lowest BCUT2D eigenvalue weighted by molar-refractivity contribution is -0.0797. The van der Waals surface area contributed by atoms with Gasteiger partial charge in [0.2, 0.25) is 0 Å². The summed E-state index contributed by atoms with van der Waals surface area (Å²) in [5.41, 5.74) is 0. The summed E-state index contributed by atoms with van der Waals surface area (Å²) >= 11 is 6.26. The summed E-state index contributed by atoms with van der Waals surface area (Å²) < 4.78 is 33.1. The van der Waals surface area contributed by atoms with Crippen LogP contribution < -0.4 is 0 Å². The molecule has 0 nitrogen and oxygen atoms in total. The molecule has 0 rings (SSSR count). The molecular weight excluding hydrogens is 255 g/mol. The van der Waals surface area contributed by atoms with Crippen LogP contribution in [0.4, 0.5) is 13.2 Å². The van der Waals surface area contributed by atoms with Gasteiger partial charge in [-0.3, -0.25) is 0 Å². The van der Waals surface area contributed by atoms with Crippen LogP contribution in [0.15, 0.2) is 9.12 Å². The van der Waals surface area contributed by atoms with Crippen molar-refractivity contribution < 1.29 is 13.2 Å². The zero-order valence-electron chi connectivity index (χ0n) is 3.47. The summed E-state index contributed by atoms with van der Waals surface area (Å²) in [5.74, 6) is 0. The monoisotopic (exact) mass is 256 g/mol. The van der Waals surface area contributed by atoms with Crippen LogP contribution in [-0.4, -0.2) is 6.18 Å². The smallest absolute Gasteiger partial charge is 0.167 e. The fourth-order valence-electron chi connectivity index (χ4n) is 0.124. The standard InChI is InChI=1S/C3HClF3I/c4-2(8)1-3(5,6)7/h1H/b2-1-. The van der Waals surface area contributed by atoms with Gasteiger partial charge in [0.1, 0.15) is 0 Å². The van der Waals surface area contributed by atoms with Gasteiger partial charge in [0, 0.05) is 6.08 Å². The predicted octanol–water partition coefficient (Wildman–Crippen LogP) is 3.06. The topological polar surface area (TPSA) is 0 Å². The van der Waals surface area contributed by atoms with Crippen molar-refractivity contribution in [2.45, 2.75) is 6.18 Å². The van der Waals surface area contributed by atoms with E-state index < -0.39 is 6.18 Å². The fourth-order valence-corrected chi connectivity index (χ4v) is 0.601. The first kappa shape index (κ1) is 8.55. The number of rotatable bonds is 0. The molecule has 0 unspecified atom stereocenters. The van der Waals surface area contributed by atoms with Crippen molar-refractivity contribution in [1.29, 1.82) is 0 Å². The van der Waals surface area contributed by atoms with E-state index in [0.29, 0.717) is 0 Å². The zero-order chi connectivity index (χ0) is 6.78. The first-order valence-electron chi connectivity index (χ1n) is 1.52. The summed E-state index contributed by atoms with van der Waals surface area (Å²) in [6, 6.07) is 0. The first-order valence-corrected chi connectivity index (χ1v) is 2.98. The minimum atomic E-state index is -4.28. The number of hydrogen-bond acceptors (Lipinski definition) is 0. The number of hydrogen-bond donors (Lipinski definition) is 0. The van der Waals surface area contributed by atoms with Gasteiger partial charge in [-0.05, 0) is 22.6 Å². The van der Waals surface area contributed by atoms with E-state index in [2.05, 4.69) is 0 Å². The summed E-state index contributed by atoms with van der Waals surface area (Å²) in [6.45, 7) is 0. The Morgan fingerprint density at radius 3 is 1.88 bits per heavy atom. The molecule has 0 saturated heterocycles. The Hall–Kier alpha value is 0.550. The number of alkyl halides is 3. The summed E-state index contributed by atoms with van der Waals surface area (Å²) in [4.78, 5) is 0. The molecule has 0 saturated carbocycles. The van der Waals surface area contributed by atoms with Crippen LogP contribution in [0.2, 0.25) is 0 Å². The maximum Gasteiger partial charge on any atom is 0.411 e. The van der Waals surface area contributed by atoms with Crippen molar-refractivity contribution in [3.8, 4) is 0 Å². The van der Waals surface area contributed by atoms with Gasteiger partial charge in [-0.25, -0.2) is 0 Å². The van der Waals surface area contributed by atoms with Crippen molar-refractivity contribution in [2.75, 3.05) is 0 Å². The lowest BCUT2D eigenvalue weighted by Gasteiger charge is -1.95. The van der Waals surface area contributed by atoms with E-state index >= 15 is 0 Å². The molecule has 0 N–H and O–H groups in total. The van der Waals surface area contributed by atoms with E-state index in [4.69, 9.17) is 11.6 Å². The first-order chi connectivity index (χ1) is 3.42. The molecule has 0 fully saturated rings. The molecule has 0 aliphatic carbocycles. The van der Waals surface area contributed by atoms with Gasteiger partial charge in [-0.2, -0.15) is 13.2 Å². The van der Waals surface area contributed by atoms with E-state index in [9.17, 15) is 13.2 Å². The Balaban J connectivity index is 3.89. The lowest BCUT2D eigenvalue weighted by Crippen LogP contribution is -2.00. The molecule has 0 aliphatic rings. The molecule has 8 heavy (non-hydrogen) atoms. The highest BCUT2D eigenvalue weighted by molar-refractivity contribution is 14.1. The van der Waals surface area contributed by atoms with Crippen molar-refractivity contribution in [2.24, 2.45) is 0 Å². The Morgan fingerprint density at radius 2 is 1.88 bits per heavy atom. The molecule has 0 heterocycles. The van der Waals surface area contributed by atoms with Gasteiger partial charge in [-0.1, -0.05) is 11.6 Å². The SMILES string of the molecule is FC(F)(F)/C=C(/Cl)I. The van der Waals surface area contributed by atoms with Crippen LogP contribution in [0.25, 0.3) is 0 Å². The molecular formula is C3HClF3I. The van der Waals surface area contributed by atoms with Gasteiger partial charge in [-0.15, -0.1) is 0 Å². The van der Waals surface area contributed by atoms with Crippen molar-refractivity contribution in [3.05, 3.63) is 9.12 Å². The number of allylic oxidation sites excluding steroid dienone is 1. The van der Waals surface area contributed by atoms with Gasteiger partial charge in [0.15, 0.2) is 0 Å². The Bertz CT molecular complexity index is 102. The third kappa shape index (κ3) is 6.55. The van der Waals surface area contributed by atoms with Gasteiger partial charge in [0.05, 0.1) is 3.04 Å². The molecule has 0 bridgehead atoms. The van der Waals surface area contributed by atoms with Crippen LogP contribution in [-0.2, 0) is 0 Å². The van der Waals surface area contributed by atoms with Crippen molar-refractivity contribution in [1.82, 2.24) is 0 Å². The van der Waals surface area contributed by atoms with Crippen LogP contribution >= 0.6 is 34.2 Å². The Labute approximate surface area is 62.8 Å². The molecule has 0 aromatic heterocycles. The highest BCUT2D eigenvalue weighted by Crippen LogP contribution is 2.23. The van der Waals surface area contributed by atoms with E-state index in [-0.39, 0.29) is 9.12 Å². The highest BCUT2D eigenvalue weighted by atomic mass is 127. The van der Waals surface area contributed by atoms with Crippen LogP contribution in [0.3, 0.4) is 0 Å². The van der Waals surface area contributed by atoms with E-state index in [1.807, 2.05) is 0 Å². The zero-order valence-corrected chi connectivity index (χ0v) is 6.38. The second-order valence-corrected chi connectivity index (χ2v) is 3.18. The van der Waals surface area contributed by atoms with Gasteiger partial charge >= 0.3 is 6.18 Å². The number of halogens is 5. The molecule has 5 heteroatoms. The van der Waals surface area contributed by atoms with Crippen LogP contribution in [0.5, 0.6) is 0 Å². The van der Waals surface area contributed by atoms with Crippen molar-refractivity contribution >= 4 is 34.2 Å². The third-order valence-corrected chi connectivity index (χ3v) is 0.693. The molecule has 0 aliphatic heterocycles. The van der Waals surface area contributed by atoms with E-state index in [0.717, 1.165) is 0 Å². The van der Waals surface area contributed by atoms with E-state index in [1.54, 1.807) is 0 Å². The lowest BCUT2D eigenvalue weighted by atomic mass is 10.6. The van der Waals surface area contributed by atoms with Gasteiger partial charge < -0.3 is 0 Å². The summed E-state index contributed by atoms with van der Waals surface area (Å²) in [5, 5.41) is 0. The largest absolute Gasteiger partial charge is 0.411 e. The molecule has 48 valence electrons. The predicted molar refractivity (Wildman–Crippen MR) is 34.0 cm³/mol. The molecule has 0 aromatic rings. The maximum absolute atomic E-state index is 11.1. The molecule has 0 spiro atoms. The summed E-state index contributed by atoms with van der Waals surface area (Å²) in [7, 11) is 0. The molecule has 0 atom stereocenters. The Morgan fingerprint density at radius 1 is 1.50 bits per heavy atom. The fraction of sp³-hybridized carbons (Fsp3) is 0.333. The molecule has 0 amide bonds. The van der Waals surface area contributed by atoms with E-state index in [1.165, 1.54) is 22.6 Å². The second kappa shape index (κ2) is 2.91. The second-order valence-electron chi connectivity index (χ2n) is 0.976. The minimum absolute atomic E-state index is 0.0229. The highest BCUT2D eigenvalue weighted by Gasteiger charge is 2.23. The van der Waals surface area contributed by atoms with Crippen molar-refractivity contribution in [3.63, 3.8) is 0 Å². The quantitative estimate of drug-likeness (QED) is 0.584. The molecule has 0 radical (unpaired) electrons. The van der Waals surface area contributed by atoms with Crippen LogP contribution in [0, 0.1) is 0 Å². The third-order valence-electron chi connectivity index (χ3n) is 0.273. The summed E-state index contributed by atoms with van der Waals surface area (Å²) in [6.07, 6.45) is -4.26. The Kier molecular flexibility index (Phi) is 3.11. The van der Waals surface area contributed by atoms with Crippen LogP contribution in [0.1, 0.15) is 0 Å². The minimum Gasteiger partial charge on any atom is -0.167 e. The maximum atomic E-state index is 11.1. The average molecular weight is 256 g/mol.